The molecule has 0 heterocycles. The maximum Gasteiger partial charge on any atom is 0.0465 e. The van der Waals surface area contributed by atoms with Crippen LogP contribution in [0.4, 0.5) is 68.2 Å². The standard InChI is InChI=1S/C90H74N4/c1-7-23-69(24-8-1)91(70-25-9-2-10-26-70)75-47-51-77(52-48-75)93(79-55-57-83-81-31-15-17-33-85(81)89(87(83)63-79)59-19-5-20-60-89)73-43-39-67(40-44-73)65-35-37-66(38-36-65)68-41-45-74(46-42-68)94(78-53-49-76(50-54-78)92(71-27-11-3-12-28-71)72-29-13-4-14-30-72)80-56-58-84-82-32-16-18-34-86(82)90(88(84)64-80)61-21-6-22-62-90/h1-4,7-18,23-58,63-64H,5-6,19-22,59-62H2. The van der Waals surface area contributed by atoms with Gasteiger partial charge in [-0.05, 0) is 238 Å². The molecule has 4 aliphatic carbocycles. The molecule has 4 nitrogen and oxygen atoms in total. The zero-order valence-electron chi connectivity index (χ0n) is 53.0. The Kier molecular flexibility index (Phi) is 14.7. The maximum atomic E-state index is 2.54. The molecule has 0 aliphatic heterocycles. The van der Waals surface area contributed by atoms with E-state index in [2.05, 4.69) is 347 Å². The topological polar surface area (TPSA) is 13.0 Å². The minimum atomic E-state index is 0.0390. The van der Waals surface area contributed by atoms with E-state index >= 15 is 0 Å². The number of hydrogen-bond acceptors (Lipinski definition) is 4. The van der Waals surface area contributed by atoms with Crippen molar-refractivity contribution in [3.8, 4) is 44.5 Å². The summed E-state index contributed by atoms with van der Waals surface area (Å²) in [4.78, 5) is 9.61. The highest BCUT2D eigenvalue weighted by atomic mass is 15.2. The summed E-state index contributed by atoms with van der Waals surface area (Å²) < 4.78 is 0. The molecular formula is C90H74N4. The van der Waals surface area contributed by atoms with Crippen LogP contribution in [0.15, 0.2) is 328 Å². The van der Waals surface area contributed by atoms with Crippen molar-refractivity contribution in [3.63, 3.8) is 0 Å². The fourth-order valence-electron chi connectivity index (χ4n) is 16.6. The summed E-state index contributed by atoms with van der Waals surface area (Å²) in [7, 11) is 0. The monoisotopic (exact) mass is 1210 g/mol. The van der Waals surface area contributed by atoms with Crippen molar-refractivity contribution >= 4 is 68.2 Å². The second kappa shape index (κ2) is 24.3. The largest absolute Gasteiger partial charge is 0.311 e. The number of fused-ring (bicyclic) bond motifs is 10. The second-order valence-corrected chi connectivity index (χ2v) is 26.2. The van der Waals surface area contributed by atoms with Gasteiger partial charge in [0, 0.05) is 79.1 Å². The van der Waals surface area contributed by atoms with Gasteiger partial charge in [-0.25, -0.2) is 0 Å². The van der Waals surface area contributed by atoms with E-state index in [1.165, 1.54) is 142 Å². The summed E-state index contributed by atoms with van der Waals surface area (Å²) in [5.41, 5.74) is 29.9. The Hall–Kier alpha value is -10.9. The average Bonchev–Trinajstić information content (AvgIpc) is 1.57. The lowest BCUT2D eigenvalue weighted by Gasteiger charge is -2.36. The molecule has 13 aromatic carbocycles. The molecule has 0 saturated heterocycles. The Labute approximate surface area is 554 Å². The smallest absolute Gasteiger partial charge is 0.0465 e. The Balaban J connectivity index is 0.694. The maximum absolute atomic E-state index is 2.54. The molecule has 13 aromatic rings. The summed E-state index contributed by atoms with van der Waals surface area (Å²) in [5, 5.41) is 0. The van der Waals surface area contributed by atoms with Crippen molar-refractivity contribution in [2.75, 3.05) is 19.6 Å². The van der Waals surface area contributed by atoms with Crippen LogP contribution in [0.3, 0.4) is 0 Å². The van der Waals surface area contributed by atoms with E-state index in [0.29, 0.717) is 0 Å². The van der Waals surface area contributed by atoms with Gasteiger partial charge in [0.15, 0.2) is 0 Å². The fraction of sp³-hybridized carbons (Fsp3) is 0.133. The Morgan fingerprint density at radius 2 is 0.383 bits per heavy atom. The van der Waals surface area contributed by atoms with Gasteiger partial charge in [-0.3, -0.25) is 0 Å². The van der Waals surface area contributed by atoms with Crippen molar-refractivity contribution < 1.29 is 0 Å². The number of benzene rings is 13. The predicted octanol–water partition coefficient (Wildman–Crippen LogP) is 25.4. The van der Waals surface area contributed by atoms with Gasteiger partial charge < -0.3 is 19.6 Å². The van der Waals surface area contributed by atoms with Gasteiger partial charge in [0.25, 0.3) is 0 Å². The zero-order valence-corrected chi connectivity index (χ0v) is 53.0. The minimum Gasteiger partial charge on any atom is -0.311 e. The average molecular weight is 1210 g/mol. The molecule has 454 valence electrons. The minimum absolute atomic E-state index is 0.0390. The van der Waals surface area contributed by atoms with Gasteiger partial charge >= 0.3 is 0 Å². The number of nitrogens with zero attached hydrogens (tertiary/aromatic N) is 4. The summed E-state index contributed by atoms with van der Waals surface area (Å²) in [6.07, 6.45) is 12.4. The van der Waals surface area contributed by atoms with E-state index in [0.717, 1.165) is 56.9 Å². The van der Waals surface area contributed by atoms with Crippen LogP contribution in [0.1, 0.15) is 86.5 Å². The molecule has 0 aromatic heterocycles. The molecule has 4 aliphatic rings. The van der Waals surface area contributed by atoms with Gasteiger partial charge in [0.1, 0.15) is 0 Å². The lowest BCUT2D eigenvalue weighted by molar-refractivity contribution is 0.353. The molecule has 94 heavy (non-hydrogen) atoms. The lowest BCUT2D eigenvalue weighted by atomic mass is 9.68. The van der Waals surface area contributed by atoms with Gasteiger partial charge in [0.2, 0.25) is 0 Å². The predicted molar refractivity (Wildman–Crippen MR) is 395 cm³/mol. The van der Waals surface area contributed by atoms with Crippen LogP contribution in [0.25, 0.3) is 44.5 Å². The quantitative estimate of drug-likeness (QED) is 0.108. The molecular weight excluding hydrogens is 1140 g/mol. The van der Waals surface area contributed by atoms with Crippen molar-refractivity contribution in [1.82, 2.24) is 0 Å². The van der Waals surface area contributed by atoms with Crippen molar-refractivity contribution in [1.29, 1.82) is 0 Å². The highest BCUT2D eigenvalue weighted by Gasteiger charge is 2.45. The van der Waals surface area contributed by atoms with Gasteiger partial charge in [-0.15, -0.1) is 0 Å². The van der Waals surface area contributed by atoms with Crippen LogP contribution in [-0.2, 0) is 10.8 Å². The third kappa shape index (κ3) is 10.1. The first-order valence-corrected chi connectivity index (χ1v) is 34.0. The first kappa shape index (κ1) is 57.0. The van der Waals surface area contributed by atoms with Crippen LogP contribution in [-0.4, -0.2) is 0 Å². The van der Waals surface area contributed by atoms with E-state index in [1.807, 2.05) is 0 Å². The molecule has 0 atom stereocenters. The van der Waals surface area contributed by atoms with E-state index in [9.17, 15) is 0 Å². The third-order valence-corrected chi connectivity index (χ3v) is 21.0. The van der Waals surface area contributed by atoms with Crippen molar-refractivity contribution in [2.45, 2.75) is 75.0 Å². The van der Waals surface area contributed by atoms with Crippen LogP contribution in [0.2, 0.25) is 0 Å². The molecule has 0 radical (unpaired) electrons. The van der Waals surface area contributed by atoms with E-state index in [4.69, 9.17) is 0 Å². The molecule has 0 unspecified atom stereocenters. The summed E-state index contributed by atoms with van der Waals surface area (Å²) >= 11 is 0. The molecule has 17 rings (SSSR count). The molecule has 2 spiro atoms. The SMILES string of the molecule is c1ccc(N(c2ccccc2)c2ccc(N(c3ccc(-c4ccc(-c5ccc(N(c6ccc(N(c7ccccc7)c7ccccc7)cc6)c6ccc7c(c6)C6(CCCCC6)c6ccccc6-7)cc5)cc4)cc3)c3ccc4c(c3)C3(CCCCC3)c3ccccc3-4)cc2)cc1. The van der Waals surface area contributed by atoms with Crippen LogP contribution >= 0.6 is 0 Å². The Bertz CT molecular complexity index is 4420. The molecule has 0 bridgehead atoms. The highest BCUT2D eigenvalue weighted by Crippen LogP contribution is 2.59. The molecule has 4 heteroatoms. The van der Waals surface area contributed by atoms with Crippen LogP contribution < -0.4 is 19.6 Å². The fourth-order valence-corrected chi connectivity index (χ4v) is 16.6. The van der Waals surface area contributed by atoms with Gasteiger partial charge in [0.05, 0.1) is 0 Å². The third-order valence-electron chi connectivity index (χ3n) is 21.0. The van der Waals surface area contributed by atoms with Gasteiger partial charge in [-0.2, -0.15) is 0 Å². The molecule has 2 saturated carbocycles. The van der Waals surface area contributed by atoms with Crippen molar-refractivity contribution in [2.24, 2.45) is 0 Å². The number of hydrogen-bond donors (Lipinski definition) is 0. The van der Waals surface area contributed by atoms with Crippen LogP contribution in [0, 0.1) is 0 Å². The summed E-state index contributed by atoms with van der Waals surface area (Å²) in [5.74, 6) is 0. The Morgan fingerprint density at radius 1 is 0.170 bits per heavy atom. The second-order valence-electron chi connectivity index (χ2n) is 26.2. The number of anilines is 12. The summed E-state index contributed by atoms with van der Waals surface area (Å²) in [6, 6.07) is 122. The first-order valence-electron chi connectivity index (χ1n) is 34.0. The van der Waals surface area contributed by atoms with E-state index < -0.39 is 0 Å². The van der Waals surface area contributed by atoms with E-state index in [1.54, 1.807) is 0 Å². The first-order chi connectivity index (χ1) is 46.6. The van der Waals surface area contributed by atoms with Crippen LogP contribution in [0.5, 0.6) is 0 Å². The van der Waals surface area contributed by atoms with E-state index in [-0.39, 0.29) is 10.8 Å². The molecule has 2 fully saturated rings. The number of rotatable bonds is 14. The lowest BCUT2D eigenvalue weighted by Crippen LogP contribution is -2.28. The normalized spacial score (nSPS) is 14.6. The summed E-state index contributed by atoms with van der Waals surface area (Å²) in [6.45, 7) is 0. The zero-order chi connectivity index (χ0) is 62.4. The van der Waals surface area contributed by atoms with Gasteiger partial charge in [-0.1, -0.05) is 221 Å². The molecule has 0 N–H and O–H groups in total. The highest BCUT2D eigenvalue weighted by molar-refractivity contribution is 5.90. The van der Waals surface area contributed by atoms with Crippen molar-refractivity contribution in [3.05, 3.63) is 350 Å². The number of para-hydroxylation sites is 4. The molecule has 0 amide bonds. The Morgan fingerprint density at radius 3 is 0.681 bits per heavy atom.